The highest BCUT2D eigenvalue weighted by atomic mass is 35.5. The molecule has 15 heavy (non-hydrogen) atoms. The van der Waals surface area contributed by atoms with Gasteiger partial charge in [0.2, 0.25) is 0 Å². The Hall–Kier alpha value is -1.73. The molecule has 0 aliphatic carbocycles. The molecule has 0 amide bonds. The summed E-state index contributed by atoms with van der Waals surface area (Å²) in [5.74, 6) is -1.02. The number of carbonyl (C=O) groups is 1. The van der Waals surface area contributed by atoms with Crippen molar-refractivity contribution in [2.75, 3.05) is 0 Å². The number of rotatable bonds is 3. The minimum atomic E-state index is -1.12. The topological polar surface area (TPSA) is 70.3 Å². The molecule has 0 bridgehead atoms. The maximum absolute atomic E-state index is 10.8. The SMILES string of the molecule is CC(C#N)Oc1cc(Cl)ccc1C(=O)O. The zero-order valence-electron chi connectivity index (χ0n) is 7.90. The van der Waals surface area contributed by atoms with Gasteiger partial charge in [0.15, 0.2) is 6.10 Å². The van der Waals surface area contributed by atoms with E-state index in [2.05, 4.69) is 0 Å². The quantitative estimate of drug-likeness (QED) is 0.857. The van der Waals surface area contributed by atoms with Gasteiger partial charge in [0.05, 0.1) is 0 Å². The summed E-state index contributed by atoms with van der Waals surface area (Å²) >= 11 is 5.69. The van der Waals surface area contributed by atoms with Crippen LogP contribution in [0, 0.1) is 11.3 Å². The van der Waals surface area contributed by atoms with Crippen LogP contribution in [0.25, 0.3) is 0 Å². The van der Waals surface area contributed by atoms with Crippen molar-refractivity contribution in [3.05, 3.63) is 28.8 Å². The van der Waals surface area contributed by atoms with Crippen LogP contribution in [0.2, 0.25) is 5.02 Å². The van der Waals surface area contributed by atoms with Gasteiger partial charge < -0.3 is 9.84 Å². The number of hydrogen-bond donors (Lipinski definition) is 1. The van der Waals surface area contributed by atoms with Gasteiger partial charge in [0.1, 0.15) is 17.4 Å². The zero-order valence-corrected chi connectivity index (χ0v) is 8.65. The number of aromatic carboxylic acids is 1. The molecule has 1 aromatic rings. The van der Waals surface area contributed by atoms with Gasteiger partial charge in [-0.2, -0.15) is 5.26 Å². The van der Waals surface area contributed by atoms with Gasteiger partial charge in [-0.05, 0) is 25.1 Å². The number of carboxylic acids is 1. The summed E-state index contributed by atoms with van der Waals surface area (Å²) in [4.78, 5) is 10.8. The maximum atomic E-state index is 10.8. The first-order chi connectivity index (χ1) is 7.04. The highest BCUT2D eigenvalue weighted by Gasteiger charge is 2.13. The Morgan fingerprint density at radius 1 is 1.67 bits per heavy atom. The molecule has 0 aliphatic rings. The molecule has 1 aromatic carbocycles. The number of halogens is 1. The second-order valence-corrected chi connectivity index (χ2v) is 3.27. The van der Waals surface area contributed by atoms with Crippen LogP contribution < -0.4 is 4.74 Å². The molecule has 5 heteroatoms. The number of nitrogens with zero attached hydrogens (tertiary/aromatic N) is 1. The fourth-order valence-corrected chi connectivity index (χ4v) is 1.15. The Morgan fingerprint density at radius 3 is 2.87 bits per heavy atom. The van der Waals surface area contributed by atoms with Gasteiger partial charge in [0.25, 0.3) is 0 Å². The van der Waals surface area contributed by atoms with Crippen LogP contribution in [0.1, 0.15) is 17.3 Å². The van der Waals surface area contributed by atoms with Crippen molar-refractivity contribution in [1.82, 2.24) is 0 Å². The summed E-state index contributed by atoms with van der Waals surface area (Å²) in [6.45, 7) is 1.52. The maximum Gasteiger partial charge on any atom is 0.339 e. The molecule has 0 spiro atoms. The molecule has 1 unspecified atom stereocenters. The van der Waals surface area contributed by atoms with Crippen LogP contribution in [-0.2, 0) is 0 Å². The zero-order chi connectivity index (χ0) is 11.4. The predicted octanol–water partition coefficient (Wildman–Crippen LogP) is 2.33. The average molecular weight is 226 g/mol. The molecule has 1 N–H and O–H groups in total. The van der Waals surface area contributed by atoms with Crippen LogP contribution in [0.5, 0.6) is 5.75 Å². The van der Waals surface area contributed by atoms with Gasteiger partial charge >= 0.3 is 5.97 Å². The highest BCUT2D eigenvalue weighted by molar-refractivity contribution is 6.30. The second-order valence-electron chi connectivity index (χ2n) is 2.83. The minimum absolute atomic E-state index is 0.0125. The first kappa shape index (κ1) is 11.3. The van der Waals surface area contributed by atoms with Crippen LogP contribution in [-0.4, -0.2) is 17.2 Å². The second kappa shape index (κ2) is 4.67. The first-order valence-electron chi connectivity index (χ1n) is 4.13. The van der Waals surface area contributed by atoms with Gasteiger partial charge in [-0.25, -0.2) is 4.79 Å². The van der Waals surface area contributed by atoms with E-state index in [1.54, 1.807) is 0 Å². The Labute approximate surface area is 91.7 Å². The molecule has 78 valence electrons. The van der Waals surface area contributed by atoms with Crippen LogP contribution in [0.3, 0.4) is 0 Å². The summed E-state index contributed by atoms with van der Waals surface area (Å²) in [6, 6.07) is 6.01. The predicted molar refractivity (Wildman–Crippen MR) is 54.1 cm³/mol. The molecule has 0 saturated carbocycles. The van der Waals surface area contributed by atoms with Crippen molar-refractivity contribution in [2.24, 2.45) is 0 Å². The number of nitriles is 1. The van der Waals surface area contributed by atoms with Crippen molar-refractivity contribution in [2.45, 2.75) is 13.0 Å². The molecular formula is C10H8ClNO3. The lowest BCUT2D eigenvalue weighted by Crippen LogP contribution is -2.11. The number of carboxylic acid groups (broad SMARTS) is 1. The van der Waals surface area contributed by atoms with E-state index in [0.29, 0.717) is 5.02 Å². The normalized spacial score (nSPS) is 11.5. The third kappa shape index (κ3) is 2.86. The molecule has 0 aromatic heterocycles. The Kier molecular flexibility index (Phi) is 3.53. The number of hydrogen-bond acceptors (Lipinski definition) is 3. The summed E-state index contributed by atoms with van der Waals surface area (Å²) in [7, 11) is 0. The van der Waals surface area contributed by atoms with E-state index in [0.717, 1.165) is 0 Å². The van der Waals surface area contributed by atoms with Crippen molar-refractivity contribution in [1.29, 1.82) is 5.26 Å². The molecule has 0 saturated heterocycles. The molecule has 1 atom stereocenters. The molecule has 0 heterocycles. The minimum Gasteiger partial charge on any atom is -0.478 e. The fraction of sp³-hybridized carbons (Fsp3) is 0.200. The molecule has 1 rings (SSSR count). The standard InChI is InChI=1S/C10H8ClNO3/c1-6(5-12)15-9-4-7(11)2-3-8(9)10(13)14/h2-4,6H,1H3,(H,13,14). The van der Waals surface area contributed by atoms with E-state index in [9.17, 15) is 4.79 Å². The monoisotopic (exact) mass is 225 g/mol. The highest BCUT2D eigenvalue weighted by Crippen LogP contribution is 2.24. The van der Waals surface area contributed by atoms with Gasteiger partial charge in [-0.3, -0.25) is 0 Å². The van der Waals surface area contributed by atoms with Crippen LogP contribution >= 0.6 is 11.6 Å². The van der Waals surface area contributed by atoms with E-state index in [4.69, 9.17) is 26.7 Å². The molecular weight excluding hydrogens is 218 g/mol. The summed E-state index contributed by atoms with van der Waals surface area (Å²) < 4.78 is 5.11. The van der Waals surface area contributed by atoms with Gasteiger partial charge in [0, 0.05) is 5.02 Å². The number of benzene rings is 1. The smallest absolute Gasteiger partial charge is 0.339 e. The third-order valence-corrected chi connectivity index (χ3v) is 1.89. The molecule has 4 nitrogen and oxygen atoms in total. The van der Waals surface area contributed by atoms with E-state index in [1.165, 1.54) is 25.1 Å². The van der Waals surface area contributed by atoms with E-state index in [-0.39, 0.29) is 11.3 Å². The first-order valence-corrected chi connectivity index (χ1v) is 4.51. The molecule has 0 fully saturated rings. The average Bonchev–Trinajstić information content (AvgIpc) is 2.17. The fourth-order valence-electron chi connectivity index (χ4n) is 0.987. The summed E-state index contributed by atoms with van der Waals surface area (Å²) in [6.07, 6.45) is -0.721. The molecule has 0 radical (unpaired) electrons. The van der Waals surface area contributed by atoms with Crippen LogP contribution in [0.15, 0.2) is 18.2 Å². The summed E-state index contributed by atoms with van der Waals surface area (Å²) in [5, 5.41) is 17.7. The third-order valence-electron chi connectivity index (χ3n) is 1.66. The van der Waals surface area contributed by atoms with E-state index < -0.39 is 12.1 Å². The Morgan fingerprint density at radius 2 is 2.33 bits per heavy atom. The van der Waals surface area contributed by atoms with E-state index in [1.807, 2.05) is 6.07 Å². The lowest BCUT2D eigenvalue weighted by Gasteiger charge is -2.10. The van der Waals surface area contributed by atoms with Crippen LogP contribution in [0.4, 0.5) is 0 Å². The summed E-state index contributed by atoms with van der Waals surface area (Å²) in [5.41, 5.74) is -0.0125. The van der Waals surface area contributed by atoms with Crippen molar-refractivity contribution in [3.63, 3.8) is 0 Å². The van der Waals surface area contributed by atoms with E-state index >= 15 is 0 Å². The van der Waals surface area contributed by atoms with Gasteiger partial charge in [-0.15, -0.1) is 0 Å². The molecule has 0 aliphatic heterocycles. The van der Waals surface area contributed by atoms with Crippen molar-refractivity contribution in [3.8, 4) is 11.8 Å². The van der Waals surface area contributed by atoms with Gasteiger partial charge in [-0.1, -0.05) is 11.6 Å². The Bertz CT molecular complexity index is 425. The lowest BCUT2D eigenvalue weighted by atomic mass is 10.2. The number of ether oxygens (including phenoxy) is 1. The lowest BCUT2D eigenvalue weighted by molar-refractivity contribution is 0.0691. The van der Waals surface area contributed by atoms with Crippen molar-refractivity contribution < 1.29 is 14.6 Å². The van der Waals surface area contributed by atoms with Crippen molar-refractivity contribution >= 4 is 17.6 Å². The largest absolute Gasteiger partial charge is 0.478 e. The Balaban J connectivity index is 3.08.